The van der Waals surface area contributed by atoms with Crippen LogP contribution in [0.15, 0.2) is 24.3 Å². The largest absolute Gasteiger partial charge is 0.467 e. The zero-order valence-electron chi connectivity index (χ0n) is 10.8. The van der Waals surface area contributed by atoms with Crippen LogP contribution in [0, 0.1) is 5.82 Å². The molecule has 0 radical (unpaired) electrons. The molecule has 0 bridgehead atoms. The SMILES string of the molecule is CCCCC(OCc1ccccc1F)C(=O)OC. The van der Waals surface area contributed by atoms with Gasteiger partial charge in [-0.3, -0.25) is 0 Å². The Morgan fingerprint density at radius 1 is 1.39 bits per heavy atom. The van der Waals surface area contributed by atoms with Crippen molar-refractivity contribution in [2.75, 3.05) is 7.11 Å². The second kappa shape index (κ2) is 7.82. The van der Waals surface area contributed by atoms with Crippen molar-refractivity contribution < 1.29 is 18.7 Å². The number of rotatable bonds is 7. The number of halogens is 1. The normalized spacial score (nSPS) is 12.2. The van der Waals surface area contributed by atoms with Crippen LogP contribution in [0.4, 0.5) is 4.39 Å². The van der Waals surface area contributed by atoms with Gasteiger partial charge in [-0.05, 0) is 12.5 Å². The number of esters is 1. The van der Waals surface area contributed by atoms with E-state index in [1.165, 1.54) is 13.2 Å². The summed E-state index contributed by atoms with van der Waals surface area (Å²) in [7, 11) is 1.33. The third kappa shape index (κ3) is 4.45. The van der Waals surface area contributed by atoms with Gasteiger partial charge in [0, 0.05) is 5.56 Å². The molecule has 0 N–H and O–H groups in total. The molecule has 0 aliphatic rings. The molecule has 100 valence electrons. The Bertz CT molecular complexity index is 379. The maximum atomic E-state index is 13.4. The molecule has 1 unspecified atom stereocenters. The lowest BCUT2D eigenvalue weighted by Crippen LogP contribution is -2.25. The average molecular weight is 254 g/mol. The van der Waals surface area contributed by atoms with Crippen molar-refractivity contribution in [2.24, 2.45) is 0 Å². The van der Waals surface area contributed by atoms with E-state index >= 15 is 0 Å². The minimum Gasteiger partial charge on any atom is -0.467 e. The molecule has 0 spiro atoms. The number of hydrogen-bond acceptors (Lipinski definition) is 3. The Hall–Kier alpha value is -1.42. The summed E-state index contributed by atoms with van der Waals surface area (Å²) in [5.41, 5.74) is 0.447. The average Bonchev–Trinajstić information content (AvgIpc) is 2.40. The van der Waals surface area contributed by atoms with Crippen LogP contribution in [-0.2, 0) is 20.9 Å². The van der Waals surface area contributed by atoms with E-state index in [1.54, 1.807) is 18.2 Å². The zero-order chi connectivity index (χ0) is 13.4. The lowest BCUT2D eigenvalue weighted by Gasteiger charge is -2.15. The molecule has 0 aliphatic heterocycles. The number of benzene rings is 1. The summed E-state index contributed by atoms with van der Waals surface area (Å²) in [6.45, 7) is 2.11. The molecule has 0 aliphatic carbocycles. The molecule has 3 nitrogen and oxygen atoms in total. The molecular weight excluding hydrogens is 235 g/mol. The molecule has 1 aromatic carbocycles. The molecule has 4 heteroatoms. The summed E-state index contributed by atoms with van der Waals surface area (Å²) in [4.78, 5) is 11.5. The third-order valence-corrected chi connectivity index (χ3v) is 2.68. The van der Waals surface area contributed by atoms with E-state index in [4.69, 9.17) is 4.74 Å². The molecule has 18 heavy (non-hydrogen) atoms. The fourth-order valence-corrected chi connectivity index (χ4v) is 1.60. The predicted octanol–water partition coefficient (Wildman–Crippen LogP) is 3.07. The Morgan fingerprint density at radius 3 is 2.72 bits per heavy atom. The molecule has 0 amide bonds. The Morgan fingerprint density at radius 2 is 2.11 bits per heavy atom. The second-order valence-electron chi connectivity index (χ2n) is 4.06. The van der Waals surface area contributed by atoms with Crippen LogP contribution < -0.4 is 0 Å². The summed E-state index contributed by atoms with van der Waals surface area (Å²) in [6, 6.07) is 6.37. The molecule has 1 aromatic rings. The Labute approximate surface area is 107 Å². The van der Waals surface area contributed by atoms with Crippen LogP contribution in [-0.4, -0.2) is 19.2 Å². The van der Waals surface area contributed by atoms with Gasteiger partial charge in [-0.25, -0.2) is 9.18 Å². The van der Waals surface area contributed by atoms with Crippen molar-refractivity contribution in [1.82, 2.24) is 0 Å². The highest BCUT2D eigenvalue weighted by atomic mass is 19.1. The fourth-order valence-electron chi connectivity index (χ4n) is 1.60. The van der Waals surface area contributed by atoms with Crippen LogP contribution in [0.5, 0.6) is 0 Å². The van der Waals surface area contributed by atoms with Gasteiger partial charge in [-0.2, -0.15) is 0 Å². The van der Waals surface area contributed by atoms with Gasteiger partial charge in [0.25, 0.3) is 0 Å². The van der Waals surface area contributed by atoms with Crippen molar-refractivity contribution in [2.45, 2.75) is 38.9 Å². The molecule has 1 rings (SSSR count). The smallest absolute Gasteiger partial charge is 0.334 e. The van der Waals surface area contributed by atoms with Crippen LogP contribution in [0.1, 0.15) is 31.7 Å². The van der Waals surface area contributed by atoms with Gasteiger partial charge in [0.05, 0.1) is 13.7 Å². The fraction of sp³-hybridized carbons (Fsp3) is 0.500. The first kappa shape index (κ1) is 14.6. The molecular formula is C14H19FO3. The number of hydrogen-bond donors (Lipinski definition) is 0. The second-order valence-corrected chi connectivity index (χ2v) is 4.06. The summed E-state index contributed by atoms with van der Waals surface area (Å²) in [5, 5.41) is 0. The molecule has 0 saturated heterocycles. The summed E-state index contributed by atoms with van der Waals surface area (Å²) < 4.78 is 23.5. The summed E-state index contributed by atoms with van der Waals surface area (Å²) in [6.07, 6.45) is 1.82. The van der Waals surface area contributed by atoms with Crippen LogP contribution >= 0.6 is 0 Å². The maximum absolute atomic E-state index is 13.4. The Balaban J connectivity index is 2.56. The van der Waals surface area contributed by atoms with E-state index in [0.717, 1.165) is 12.8 Å². The quantitative estimate of drug-likeness (QED) is 0.701. The third-order valence-electron chi connectivity index (χ3n) is 2.68. The molecule has 0 fully saturated rings. The van der Waals surface area contributed by atoms with Gasteiger partial charge in [-0.15, -0.1) is 0 Å². The van der Waals surface area contributed by atoms with Crippen LogP contribution in [0.2, 0.25) is 0 Å². The van der Waals surface area contributed by atoms with Crippen molar-refractivity contribution in [1.29, 1.82) is 0 Å². The number of ether oxygens (including phenoxy) is 2. The predicted molar refractivity (Wildman–Crippen MR) is 66.5 cm³/mol. The van der Waals surface area contributed by atoms with E-state index < -0.39 is 12.1 Å². The summed E-state index contributed by atoms with van der Waals surface area (Å²) >= 11 is 0. The molecule has 1 atom stereocenters. The number of carbonyl (C=O) groups excluding carboxylic acids is 1. The monoisotopic (exact) mass is 254 g/mol. The maximum Gasteiger partial charge on any atom is 0.334 e. The zero-order valence-corrected chi connectivity index (χ0v) is 10.8. The van der Waals surface area contributed by atoms with E-state index in [2.05, 4.69) is 4.74 Å². The first-order valence-corrected chi connectivity index (χ1v) is 6.11. The van der Waals surface area contributed by atoms with Crippen molar-refractivity contribution >= 4 is 5.97 Å². The van der Waals surface area contributed by atoms with Gasteiger partial charge in [0.1, 0.15) is 5.82 Å². The van der Waals surface area contributed by atoms with Gasteiger partial charge in [-0.1, -0.05) is 38.0 Å². The highest BCUT2D eigenvalue weighted by molar-refractivity contribution is 5.74. The highest BCUT2D eigenvalue weighted by Crippen LogP contribution is 2.13. The lowest BCUT2D eigenvalue weighted by molar-refractivity contribution is -0.155. The van der Waals surface area contributed by atoms with Crippen LogP contribution in [0.3, 0.4) is 0 Å². The highest BCUT2D eigenvalue weighted by Gasteiger charge is 2.19. The van der Waals surface area contributed by atoms with Gasteiger partial charge in [0.15, 0.2) is 6.10 Å². The number of carbonyl (C=O) groups is 1. The van der Waals surface area contributed by atoms with Gasteiger partial charge in [0.2, 0.25) is 0 Å². The number of unbranched alkanes of at least 4 members (excludes halogenated alkanes) is 1. The molecule has 0 saturated carbocycles. The van der Waals surface area contributed by atoms with Crippen molar-refractivity contribution in [3.63, 3.8) is 0 Å². The van der Waals surface area contributed by atoms with Crippen molar-refractivity contribution in [3.8, 4) is 0 Å². The topological polar surface area (TPSA) is 35.5 Å². The Kier molecular flexibility index (Phi) is 6.36. The van der Waals surface area contributed by atoms with E-state index in [-0.39, 0.29) is 12.4 Å². The minimum absolute atomic E-state index is 0.0795. The minimum atomic E-state index is -0.616. The number of methoxy groups -OCH3 is 1. The van der Waals surface area contributed by atoms with E-state index in [9.17, 15) is 9.18 Å². The lowest BCUT2D eigenvalue weighted by atomic mass is 10.1. The van der Waals surface area contributed by atoms with Gasteiger partial charge >= 0.3 is 5.97 Å². The molecule has 0 heterocycles. The molecule has 0 aromatic heterocycles. The first-order valence-electron chi connectivity index (χ1n) is 6.11. The first-order chi connectivity index (χ1) is 8.69. The van der Waals surface area contributed by atoms with E-state index in [1.807, 2.05) is 6.92 Å². The van der Waals surface area contributed by atoms with Crippen LogP contribution in [0.25, 0.3) is 0 Å². The van der Waals surface area contributed by atoms with E-state index in [0.29, 0.717) is 12.0 Å². The van der Waals surface area contributed by atoms with Gasteiger partial charge < -0.3 is 9.47 Å². The van der Waals surface area contributed by atoms with Crippen molar-refractivity contribution in [3.05, 3.63) is 35.6 Å². The standard InChI is InChI=1S/C14H19FO3/c1-3-4-9-13(14(16)17-2)18-10-11-7-5-6-8-12(11)15/h5-8,13H,3-4,9-10H2,1-2H3. The summed E-state index contributed by atoms with van der Waals surface area (Å²) in [5.74, 6) is -0.726.